The number of thiophene rings is 1. The summed E-state index contributed by atoms with van der Waals surface area (Å²) in [7, 11) is -3.25. The van der Waals surface area contributed by atoms with Gasteiger partial charge in [-0.2, -0.15) is 4.31 Å². The van der Waals surface area contributed by atoms with E-state index < -0.39 is 10.0 Å². The largest absolute Gasteiger partial charge is 0.380 e. The summed E-state index contributed by atoms with van der Waals surface area (Å²) in [5.74, 6) is 0.182. The summed E-state index contributed by atoms with van der Waals surface area (Å²) >= 11 is 1.50. The van der Waals surface area contributed by atoms with E-state index in [9.17, 15) is 13.2 Å². The minimum absolute atomic E-state index is 0.0348. The van der Waals surface area contributed by atoms with Crippen molar-refractivity contribution in [3.05, 3.63) is 21.9 Å². The molecule has 6 nitrogen and oxygen atoms in total. The van der Waals surface area contributed by atoms with E-state index in [-0.39, 0.29) is 23.6 Å². The number of aryl methyl sites for hydroxylation is 1. The summed E-state index contributed by atoms with van der Waals surface area (Å²) in [6.07, 6.45) is 0.670. The Bertz CT molecular complexity index is 701. The van der Waals surface area contributed by atoms with Gasteiger partial charge in [-0.15, -0.1) is 11.3 Å². The number of nitrogens with zero attached hydrogens (tertiary/aromatic N) is 2. The van der Waals surface area contributed by atoms with E-state index >= 15 is 0 Å². The lowest BCUT2D eigenvalue weighted by molar-refractivity contribution is 0.0471. The van der Waals surface area contributed by atoms with Gasteiger partial charge in [-0.05, 0) is 32.4 Å². The Kier molecular flexibility index (Phi) is 5.29. The SMILES string of the molecule is CCS(=O)(=O)N1CCOC[C@H]2CN(C(=O)c3ccc(C)s3)CC[C@H]21. The van der Waals surface area contributed by atoms with Crippen LogP contribution in [0.15, 0.2) is 12.1 Å². The van der Waals surface area contributed by atoms with E-state index in [1.165, 1.54) is 11.3 Å². The van der Waals surface area contributed by atoms with Crippen molar-refractivity contribution in [2.24, 2.45) is 5.92 Å². The molecule has 0 saturated carbocycles. The number of ether oxygens (including phenoxy) is 1. The normalized spacial score (nSPS) is 26.0. The highest BCUT2D eigenvalue weighted by atomic mass is 32.2. The zero-order chi connectivity index (χ0) is 17.3. The Morgan fingerprint density at radius 1 is 1.38 bits per heavy atom. The molecule has 0 N–H and O–H groups in total. The highest BCUT2D eigenvalue weighted by molar-refractivity contribution is 7.89. The summed E-state index contributed by atoms with van der Waals surface area (Å²) in [6, 6.07) is 3.76. The van der Waals surface area contributed by atoms with Gasteiger partial charge in [-0.3, -0.25) is 4.79 Å². The molecule has 0 spiro atoms. The molecule has 2 saturated heterocycles. The van der Waals surface area contributed by atoms with E-state index in [1.54, 1.807) is 11.2 Å². The van der Waals surface area contributed by atoms with Crippen molar-refractivity contribution in [3.8, 4) is 0 Å². The van der Waals surface area contributed by atoms with Gasteiger partial charge in [0.05, 0.1) is 23.8 Å². The molecule has 0 radical (unpaired) electrons. The average molecular weight is 373 g/mol. The van der Waals surface area contributed by atoms with Gasteiger partial charge in [0.15, 0.2) is 0 Å². The van der Waals surface area contributed by atoms with Crippen molar-refractivity contribution in [1.29, 1.82) is 0 Å². The molecule has 1 aromatic heterocycles. The monoisotopic (exact) mass is 372 g/mol. The van der Waals surface area contributed by atoms with Crippen molar-refractivity contribution >= 4 is 27.3 Å². The number of piperidine rings is 1. The topological polar surface area (TPSA) is 66.9 Å². The van der Waals surface area contributed by atoms with Gasteiger partial charge in [0.2, 0.25) is 10.0 Å². The third-order valence-electron chi connectivity index (χ3n) is 4.81. The Balaban J connectivity index is 1.76. The molecule has 1 aromatic rings. The number of hydrogen-bond donors (Lipinski definition) is 0. The van der Waals surface area contributed by atoms with E-state index in [2.05, 4.69) is 0 Å². The van der Waals surface area contributed by atoms with Gasteiger partial charge in [0, 0.05) is 36.5 Å². The highest BCUT2D eigenvalue weighted by Crippen LogP contribution is 2.29. The van der Waals surface area contributed by atoms with Crippen LogP contribution in [-0.4, -0.2) is 68.2 Å². The van der Waals surface area contributed by atoms with Gasteiger partial charge in [-0.1, -0.05) is 0 Å². The standard InChI is InChI=1S/C16H24N2O4S2/c1-3-24(20,21)18-8-9-22-11-13-10-17(7-6-14(13)18)16(19)15-5-4-12(2)23-15/h4-5,13-14H,3,6-11H2,1-2H3/t13-,14-/m1/s1. The van der Waals surface area contributed by atoms with Gasteiger partial charge in [0.25, 0.3) is 5.91 Å². The lowest BCUT2D eigenvalue weighted by Crippen LogP contribution is -2.54. The van der Waals surface area contributed by atoms with Crippen LogP contribution in [0.3, 0.4) is 0 Å². The van der Waals surface area contributed by atoms with Crippen LogP contribution in [0.4, 0.5) is 0 Å². The van der Waals surface area contributed by atoms with Crippen LogP contribution in [0.25, 0.3) is 0 Å². The fourth-order valence-corrected chi connectivity index (χ4v) is 5.73. The Morgan fingerprint density at radius 3 is 2.83 bits per heavy atom. The van der Waals surface area contributed by atoms with Crippen LogP contribution in [0.2, 0.25) is 0 Å². The molecule has 134 valence electrons. The number of amides is 1. The number of hydrogen-bond acceptors (Lipinski definition) is 5. The van der Waals surface area contributed by atoms with Crippen molar-refractivity contribution in [2.75, 3.05) is 38.6 Å². The number of likely N-dealkylation sites (tertiary alicyclic amines) is 1. The lowest BCUT2D eigenvalue weighted by atomic mass is 9.92. The molecule has 2 fully saturated rings. The van der Waals surface area contributed by atoms with Crippen LogP contribution in [0.5, 0.6) is 0 Å². The molecule has 2 aliphatic heterocycles. The first-order valence-corrected chi connectivity index (χ1v) is 10.8. The number of carbonyl (C=O) groups excluding carboxylic acids is 1. The van der Waals surface area contributed by atoms with Crippen molar-refractivity contribution < 1.29 is 17.9 Å². The molecule has 0 unspecified atom stereocenters. The zero-order valence-electron chi connectivity index (χ0n) is 14.1. The molecule has 0 bridgehead atoms. The van der Waals surface area contributed by atoms with Crippen LogP contribution in [-0.2, 0) is 14.8 Å². The average Bonchev–Trinajstić information content (AvgIpc) is 2.89. The molecule has 2 aliphatic rings. The van der Waals surface area contributed by atoms with Crippen LogP contribution >= 0.6 is 11.3 Å². The molecule has 1 amide bonds. The molecule has 2 atom stereocenters. The van der Waals surface area contributed by atoms with Gasteiger partial charge < -0.3 is 9.64 Å². The molecule has 0 aromatic carbocycles. The van der Waals surface area contributed by atoms with E-state index in [0.29, 0.717) is 39.3 Å². The molecule has 24 heavy (non-hydrogen) atoms. The maximum Gasteiger partial charge on any atom is 0.263 e. The van der Waals surface area contributed by atoms with E-state index in [0.717, 1.165) is 9.75 Å². The minimum Gasteiger partial charge on any atom is -0.380 e. The first-order valence-electron chi connectivity index (χ1n) is 8.35. The molecular weight excluding hydrogens is 348 g/mol. The summed E-state index contributed by atoms with van der Waals surface area (Å²) in [6.45, 7) is 6.14. The predicted molar refractivity (Wildman–Crippen MR) is 93.8 cm³/mol. The number of rotatable bonds is 3. The molecule has 3 rings (SSSR count). The minimum atomic E-state index is -3.25. The maximum absolute atomic E-state index is 12.7. The second-order valence-electron chi connectivity index (χ2n) is 6.36. The van der Waals surface area contributed by atoms with Crippen molar-refractivity contribution in [1.82, 2.24) is 9.21 Å². The first kappa shape index (κ1) is 17.8. The lowest BCUT2D eigenvalue weighted by Gasteiger charge is -2.41. The fraction of sp³-hybridized carbons (Fsp3) is 0.688. The summed E-state index contributed by atoms with van der Waals surface area (Å²) in [5.41, 5.74) is 0. The van der Waals surface area contributed by atoms with Crippen LogP contribution < -0.4 is 0 Å². The molecule has 0 aliphatic carbocycles. The fourth-order valence-electron chi connectivity index (χ4n) is 3.52. The molecular formula is C16H24N2O4S2. The van der Waals surface area contributed by atoms with Crippen LogP contribution in [0, 0.1) is 12.8 Å². The maximum atomic E-state index is 12.7. The molecule has 3 heterocycles. The number of fused-ring (bicyclic) bond motifs is 1. The second-order valence-corrected chi connectivity index (χ2v) is 9.86. The third-order valence-corrected chi connectivity index (χ3v) is 7.70. The number of sulfonamides is 1. The first-order chi connectivity index (χ1) is 11.4. The van der Waals surface area contributed by atoms with E-state index in [1.807, 2.05) is 24.0 Å². The highest BCUT2D eigenvalue weighted by Gasteiger charge is 2.40. The van der Waals surface area contributed by atoms with Gasteiger partial charge in [0.1, 0.15) is 0 Å². The smallest absolute Gasteiger partial charge is 0.263 e. The summed E-state index contributed by atoms with van der Waals surface area (Å²) < 4.78 is 32.0. The van der Waals surface area contributed by atoms with Gasteiger partial charge in [-0.25, -0.2) is 8.42 Å². The zero-order valence-corrected chi connectivity index (χ0v) is 15.7. The Morgan fingerprint density at radius 2 is 2.17 bits per heavy atom. The summed E-state index contributed by atoms with van der Waals surface area (Å²) in [4.78, 5) is 16.4. The number of carbonyl (C=O) groups is 1. The quantitative estimate of drug-likeness (QED) is 0.808. The summed E-state index contributed by atoms with van der Waals surface area (Å²) in [5, 5.41) is 0. The van der Waals surface area contributed by atoms with E-state index in [4.69, 9.17) is 4.74 Å². The van der Waals surface area contributed by atoms with Crippen LogP contribution in [0.1, 0.15) is 27.9 Å². The Hall–Kier alpha value is -0.960. The van der Waals surface area contributed by atoms with Crippen molar-refractivity contribution in [3.63, 3.8) is 0 Å². The van der Waals surface area contributed by atoms with Gasteiger partial charge >= 0.3 is 0 Å². The molecule has 8 heteroatoms. The third kappa shape index (κ3) is 3.51. The second kappa shape index (κ2) is 7.11. The predicted octanol–water partition coefficient (Wildman–Crippen LogP) is 1.57. The van der Waals surface area contributed by atoms with Crippen molar-refractivity contribution in [2.45, 2.75) is 26.3 Å². The Labute approximate surface area is 147 Å².